The van der Waals surface area contributed by atoms with Crippen LogP contribution in [0.25, 0.3) is 0 Å². The molecule has 2 heterocycles. The van der Waals surface area contributed by atoms with E-state index >= 15 is 0 Å². The van der Waals surface area contributed by atoms with Crippen molar-refractivity contribution in [2.45, 2.75) is 18.9 Å². The van der Waals surface area contributed by atoms with E-state index in [1.807, 2.05) is 12.3 Å². The molecule has 0 aliphatic carbocycles. The van der Waals surface area contributed by atoms with Gasteiger partial charge < -0.3 is 15.0 Å². The molecule has 0 amide bonds. The van der Waals surface area contributed by atoms with Gasteiger partial charge in [-0.3, -0.25) is 0 Å². The van der Waals surface area contributed by atoms with Gasteiger partial charge in [0, 0.05) is 39.0 Å². The SMILES string of the molecule is COCCNCC1CCCN1c1ccccn1. The average molecular weight is 235 g/mol. The third-order valence-corrected chi connectivity index (χ3v) is 3.18. The lowest BCUT2D eigenvalue weighted by Gasteiger charge is -2.25. The minimum absolute atomic E-state index is 0.571. The second-order valence-corrected chi connectivity index (χ2v) is 4.37. The van der Waals surface area contributed by atoms with Gasteiger partial charge in [0.25, 0.3) is 0 Å². The Bertz CT molecular complexity index is 318. The van der Waals surface area contributed by atoms with Gasteiger partial charge >= 0.3 is 0 Å². The molecule has 1 aromatic heterocycles. The fourth-order valence-corrected chi connectivity index (χ4v) is 2.32. The van der Waals surface area contributed by atoms with Gasteiger partial charge in [-0.15, -0.1) is 0 Å². The fourth-order valence-electron chi connectivity index (χ4n) is 2.32. The Labute approximate surface area is 103 Å². The van der Waals surface area contributed by atoms with Crippen molar-refractivity contribution in [2.24, 2.45) is 0 Å². The van der Waals surface area contributed by atoms with E-state index in [2.05, 4.69) is 27.3 Å². The lowest BCUT2D eigenvalue weighted by molar-refractivity contribution is 0.199. The van der Waals surface area contributed by atoms with Crippen molar-refractivity contribution in [2.75, 3.05) is 38.3 Å². The highest BCUT2D eigenvalue weighted by molar-refractivity contribution is 5.40. The molecule has 1 aliphatic rings. The molecule has 1 N–H and O–H groups in total. The summed E-state index contributed by atoms with van der Waals surface area (Å²) in [7, 11) is 1.73. The van der Waals surface area contributed by atoms with E-state index in [0.29, 0.717) is 6.04 Å². The summed E-state index contributed by atoms with van der Waals surface area (Å²) in [4.78, 5) is 6.83. The first-order valence-electron chi connectivity index (χ1n) is 6.29. The van der Waals surface area contributed by atoms with Crippen molar-refractivity contribution in [3.8, 4) is 0 Å². The van der Waals surface area contributed by atoms with Crippen LogP contribution in [-0.2, 0) is 4.74 Å². The second kappa shape index (κ2) is 6.57. The molecule has 0 radical (unpaired) electrons. The molecular formula is C13H21N3O. The van der Waals surface area contributed by atoms with E-state index in [1.54, 1.807) is 7.11 Å². The Hall–Kier alpha value is -1.13. The van der Waals surface area contributed by atoms with E-state index in [4.69, 9.17) is 4.74 Å². The van der Waals surface area contributed by atoms with Gasteiger partial charge in [-0.2, -0.15) is 0 Å². The fraction of sp³-hybridized carbons (Fsp3) is 0.615. The number of nitrogens with one attached hydrogen (secondary N) is 1. The van der Waals surface area contributed by atoms with Gasteiger partial charge in [0.1, 0.15) is 5.82 Å². The topological polar surface area (TPSA) is 37.4 Å². The molecule has 0 bridgehead atoms. The Morgan fingerprint density at radius 3 is 3.24 bits per heavy atom. The third-order valence-electron chi connectivity index (χ3n) is 3.18. The summed E-state index contributed by atoms with van der Waals surface area (Å²) in [6, 6.07) is 6.68. The first kappa shape index (κ1) is 12.3. The molecule has 1 aromatic rings. The van der Waals surface area contributed by atoms with E-state index in [0.717, 1.165) is 32.1 Å². The van der Waals surface area contributed by atoms with Crippen molar-refractivity contribution >= 4 is 5.82 Å². The lowest BCUT2D eigenvalue weighted by Crippen LogP contribution is -2.39. The van der Waals surface area contributed by atoms with Gasteiger partial charge in [-0.05, 0) is 25.0 Å². The molecule has 1 fully saturated rings. The quantitative estimate of drug-likeness (QED) is 0.754. The number of anilines is 1. The molecular weight excluding hydrogens is 214 g/mol. The highest BCUT2D eigenvalue weighted by Gasteiger charge is 2.24. The zero-order valence-electron chi connectivity index (χ0n) is 10.4. The van der Waals surface area contributed by atoms with Crippen LogP contribution in [0.3, 0.4) is 0 Å². The smallest absolute Gasteiger partial charge is 0.128 e. The molecule has 1 unspecified atom stereocenters. The Morgan fingerprint density at radius 1 is 1.53 bits per heavy atom. The van der Waals surface area contributed by atoms with Gasteiger partial charge in [-0.25, -0.2) is 4.98 Å². The largest absolute Gasteiger partial charge is 0.383 e. The highest BCUT2D eigenvalue weighted by atomic mass is 16.5. The summed E-state index contributed by atoms with van der Waals surface area (Å²) in [5.74, 6) is 1.10. The van der Waals surface area contributed by atoms with Gasteiger partial charge in [0.2, 0.25) is 0 Å². The monoisotopic (exact) mass is 235 g/mol. The number of pyridine rings is 1. The summed E-state index contributed by atoms with van der Waals surface area (Å²) in [6.07, 6.45) is 4.37. The molecule has 0 aromatic carbocycles. The van der Waals surface area contributed by atoms with Crippen LogP contribution in [0, 0.1) is 0 Å². The molecule has 0 saturated carbocycles. The number of hydrogen-bond acceptors (Lipinski definition) is 4. The highest BCUT2D eigenvalue weighted by Crippen LogP contribution is 2.22. The predicted octanol–water partition coefficient (Wildman–Crippen LogP) is 1.29. The van der Waals surface area contributed by atoms with Gasteiger partial charge in [-0.1, -0.05) is 6.07 Å². The summed E-state index contributed by atoms with van der Waals surface area (Å²) >= 11 is 0. The van der Waals surface area contributed by atoms with Crippen LogP contribution < -0.4 is 10.2 Å². The number of nitrogens with zero attached hydrogens (tertiary/aromatic N) is 2. The molecule has 1 atom stereocenters. The lowest BCUT2D eigenvalue weighted by atomic mass is 10.2. The number of aromatic nitrogens is 1. The summed E-state index contributed by atoms with van der Waals surface area (Å²) in [5.41, 5.74) is 0. The minimum atomic E-state index is 0.571. The van der Waals surface area contributed by atoms with Crippen LogP contribution in [0.2, 0.25) is 0 Å². The van der Waals surface area contributed by atoms with Crippen LogP contribution in [-0.4, -0.2) is 44.4 Å². The zero-order valence-corrected chi connectivity index (χ0v) is 10.4. The van der Waals surface area contributed by atoms with Gasteiger partial charge in [0.05, 0.1) is 6.61 Å². The third kappa shape index (κ3) is 3.41. The van der Waals surface area contributed by atoms with Crippen molar-refractivity contribution in [3.05, 3.63) is 24.4 Å². The van der Waals surface area contributed by atoms with Crippen LogP contribution in [0.4, 0.5) is 5.82 Å². The van der Waals surface area contributed by atoms with Crippen molar-refractivity contribution in [1.82, 2.24) is 10.3 Å². The van der Waals surface area contributed by atoms with E-state index in [1.165, 1.54) is 12.8 Å². The van der Waals surface area contributed by atoms with Crippen molar-refractivity contribution < 1.29 is 4.74 Å². The van der Waals surface area contributed by atoms with Crippen molar-refractivity contribution in [1.29, 1.82) is 0 Å². The molecule has 0 spiro atoms. The van der Waals surface area contributed by atoms with E-state index in [-0.39, 0.29) is 0 Å². The molecule has 94 valence electrons. The second-order valence-electron chi connectivity index (χ2n) is 4.37. The number of ether oxygens (including phenoxy) is 1. The molecule has 1 aliphatic heterocycles. The van der Waals surface area contributed by atoms with Gasteiger partial charge in [0.15, 0.2) is 0 Å². The summed E-state index contributed by atoms with van der Waals surface area (Å²) in [5, 5.41) is 3.43. The van der Waals surface area contributed by atoms with E-state index < -0.39 is 0 Å². The maximum absolute atomic E-state index is 5.03. The maximum atomic E-state index is 5.03. The zero-order chi connectivity index (χ0) is 11.9. The molecule has 1 saturated heterocycles. The van der Waals surface area contributed by atoms with Crippen LogP contribution in [0.1, 0.15) is 12.8 Å². The molecule has 4 heteroatoms. The normalized spacial score (nSPS) is 19.8. The van der Waals surface area contributed by atoms with E-state index in [9.17, 15) is 0 Å². The molecule has 17 heavy (non-hydrogen) atoms. The maximum Gasteiger partial charge on any atom is 0.128 e. The number of hydrogen-bond donors (Lipinski definition) is 1. The first-order valence-corrected chi connectivity index (χ1v) is 6.29. The Kier molecular flexibility index (Phi) is 4.76. The first-order chi connectivity index (χ1) is 8.42. The van der Waals surface area contributed by atoms with Crippen molar-refractivity contribution in [3.63, 3.8) is 0 Å². The predicted molar refractivity (Wildman–Crippen MR) is 69.4 cm³/mol. The Balaban J connectivity index is 1.85. The summed E-state index contributed by atoms with van der Waals surface area (Å²) in [6.45, 7) is 3.83. The molecule has 2 rings (SSSR count). The van der Waals surface area contributed by atoms with Crippen LogP contribution in [0.15, 0.2) is 24.4 Å². The average Bonchev–Trinajstić information content (AvgIpc) is 2.84. The minimum Gasteiger partial charge on any atom is -0.383 e. The standard InChI is InChI=1S/C13H21N3O/c1-17-10-8-14-11-12-5-4-9-16(12)13-6-2-3-7-15-13/h2-3,6-7,12,14H,4-5,8-11H2,1H3. The number of rotatable bonds is 6. The molecule has 4 nitrogen and oxygen atoms in total. The Morgan fingerprint density at radius 2 is 2.47 bits per heavy atom. The van der Waals surface area contributed by atoms with Crippen LogP contribution in [0.5, 0.6) is 0 Å². The number of methoxy groups -OCH3 is 1. The summed E-state index contributed by atoms with van der Waals surface area (Å²) < 4.78 is 5.03. The van der Waals surface area contributed by atoms with Crippen LogP contribution >= 0.6 is 0 Å².